The summed E-state index contributed by atoms with van der Waals surface area (Å²) in [6, 6.07) is 16.4. The summed E-state index contributed by atoms with van der Waals surface area (Å²) in [5, 5.41) is 3.80. The molecule has 1 fully saturated rings. The van der Waals surface area contributed by atoms with Gasteiger partial charge in [-0.1, -0.05) is 42.0 Å². The fraction of sp³-hybridized carbons (Fsp3) is 0.333. The first-order valence-electron chi connectivity index (χ1n) is 10.7. The lowest BCUT2D eigenvalue weighted by Gasteiger charge is -2.29. The number of aromatic nitrogens is 1. The molecule has 0 atom stereocenters. The van der Waals surface area contributed by atoms with E-state index in [9.17, 15) is 9.59 Å². The third-order valence-corrected chi connectivity index (χ3v) is 5.98. The minimum Gasteiger partial charge on any atom is -0.464 e. The summed E-state index contributed by atoms with van der Waals surface area (Å²) in [5.74, 6) is -0.580. The number of nitrogens with one attached hydrogen (secondary N) is 4. The second-order valence-corrected chi connectivity index (χ2v) is 8.30. The highest BCUT2D eigenvalue weighted by atomic mass is 16.5. The Hall–Kier alpha value is -3.16. The first-order chi connectivity index (χ1) is 15.0. The number of H-pyrrole nitrogens is 1. The topological polar surface area (TPSA) is 80.1 Å². The Morgan fingerprint density at radius 2 is 1.74 bits per heavy atom. The molecule has 0 bridgehead atoms. The van der Waals surface area contributed by atoms with Crippen LogP contribution in [0.3, 0.4) is 0 Å². The number of hydrogen-bond acceptors (Lipinski definition) is 3. The Balaban J connectivity index is 1.39. The van der Waals surface area contributed by atoms with Crippen molar-refractivity contribution < 1.29 is 24.1 Å². The second-order valence-electron chi connectivity index (χ2n) is 8.30. The number of hydrogen-bond donors (Lipinski definition) is 4. The number of ether oxygens (including phenoxy) is 1. The van der Waals surface area contributed by atoms with Gasteiger partial charge in [0.25, 0.3) is 5.91 Å². The van der Waals surface area contributed by atoms with E-state index >= 15 is 0 Å². The van der Waals surface area contributed by atoms with Crippen molar-refractivity contribution in [3.8, 4) is 0 Å². The van der Waals surface area contributed by atoms with E-state index in [2.05, 4.69) is 34.6 Å². The molecule has 4 rings (SSSR count). The minimum absolute atomic E-state index is 0.0888. The van der Waals surface area contributed by atoms with Crippen LogP contribution in [-0.2, 0) is 16.1 Å². The van der Waals surface area contributed by atoms with Crippen molar-refractivity contribution >= 4 is 28.5 Å². The smallest absolute Gasteiger partial charge is 0.356 e. The van der Waals surface area contributed by atoms with Gasteiger partial charge in [0.1, 0.15) is 38.4 Å². The number of methoxy groups -OCH3 is 1. The number of carbonyl (C=O) groups excluding carboxylic acids is 2. The van der Waals surface area contributed by atoms with Crippen LogP contribution in [0.2, 0.25) is 0 Å². The van der Waals surface area contributed by atoms with Gasteiger partial charge in [-0.3, -0.25) is 4.79 Å². The highest BCUT2D eigenvalue weighted by molar-refractivity contribution is 6.11. The molecule has 2 heterocycles. The monoisotopic (exact) mass is 422 g/mol. The van der Waals surface area contributed by atoms with Crippen molar-refractivity contribution in [2.45, 2.75) is 13.5 Å². The minimum atomic E-state index is -0.491. The van der Waals surface area contributed by atoms with E-state index in [4.69, 9.17) is 4.74 Å². The summed E-state index contributed by atoms with van der Waals surface area (Å²) in [5.41, 5.74) is 3.99. The summed E-state index contributed by atoms with van der Waals surface area (Å²) in [7, 11) is 1.34. The summed E-state index contributed by atoms with van der Waals surface area (Å²) < 4.78 is 4.90. The van der Waals surface area contributed by atoms with E-state index in [1.165, 1.54) is 17.6 Å². The summed E-state index contributed by atoms with van der Waals surface area (Å²) in [6.45, 7) is 7.37. The van der Waals surface area contributed by atoms with Crippen LogP contribution in [-0.4, -0.2) is 56.7 Å². The number of piperazine rings is 1. The molecule has 0 aliphatic carbocycles. The lowest BCUT2D eigenvalue weighted by atomic mass is 10.1. The van der Waals surface area contributed by atoms with Crippen molar-refractivity contribution in [1.82, 2.24) is 4.98 Å². The van der Waals surface area contributed by atoms with Gasteiger partial charge in [-0.25, -0.2) is 4.79 Å². The number of benzene rings is 2. The van der Waals surface area contributed by atoms with E-state index in [-0.39, 0.29) is 11.6 Å². The number of anilines is 1. The Labute approximate surface area is 182 Å². The van der Waals surface area contributed by atoms with E-state index < -0.39 is 5.97 Å². The Bertz CT molecular complexity index is 1070. The normalized spacial score (nSPS) is 18.6. The molecule has 1 amide bonds. The largest absolute Gasteiger partial charge is 0.464 e. The Morgan fingerprint density at radius 3 is 2.45 bits per heavy atom. The molecule has 3 aromatic rings. The maximum atomic E-state index is 12.8. The van der Waals surface area contributed by atoms with Crippen LogP contribution in [0.25, 0.3) is 10.9 Å². The van der Waals surface area contributed by atoms with Crippen molar-refractivity contribution in [2.24, 2.45) is 0 Å². The molecule has 1 aliphatic rings. The summed E-state index contributed by atoms with van der Waals surface area (Å²) in [4.78, 5) is 31.0. The molecule has 0 saturated carbocycles. The molecule has 2 aromatic carbocycles. The second kappa shape index (κ2) is 9.32. The van der Waals surface area contributed by atoms with Crippen LogP contribution in [0, 0.1) is 6.92 Å². The number of quaternary nitrogens is 2. The van der Waals surface area contributed by atoms with E-state index in [1.807, 2.05) is 31.2 Å². The van der Waals surface area contributed by atoms with Crippen molar-refractivity contribution in [2.75, 3.05) is 45.2 Å². The van der Waals surface area contributed by atoms with Gasteiger partial charge in [0.05, 0.1) is 12.8 Å². The zero-order chi connectivity index (χ0) is 21.8. The molecule has 1 saturated heterocycles. The van der Waals surface area contributed by atoms with Gasteiger partial charge in [-0.2, -0.15) is 0 Å². The first kappa shape index (κ1) is 21.1. The van der Waals surface area contributed by atoms with E-state index in [0.29, 0.717) is 12.2 Å². The molecule has 31 heavy (non-hydrogen) atoms. The summed E-state index contributed by atoms with van der Waals surface area (Å²) in [6.07, 6.45) is 0. The number of amides is 1. The predicted molar refractivity (Wildman–Crippen MR) is 119 cm³/mol. The van der Waals surface area contributed by atoms with Crippen molar-refractivity contribution in [3.63, 3.8) is 0 Å². The molecule has 1 aromatic heterocycles. The average Bonchev–Trinajstić information content (AvgIpc) is 3.12. The standard InChI is InChI=1S/C24H28N4O3/c1-17-8-9-20-19(14-17)22(23(25-20)24(30)31-2)26-21(29)16-28-12-10-27(11-13-28)15-18-6-4-3-5-7-18/h3-9,14,25H,10-13,15-16H2,1-2H3,(H,26,29)/p+2. The fourth-order valence-corrected chi connectivity index (χ4v) is 4.30. The fourth-order valence-electron chi connectivity index (χ4n) is 4.30. The number of aryl methyl sites for hydroxylation is 1. The molecule has 0 radical (unpaired) electrons. The Kier molecular flexibility index (Phi) is 6.34. The molecule has 4 N–H and O–H groups in total. The number of carbonyl (C=O) groups is 2. The van der Waals surface area contributed by atoms with Crippen LogP contribution >= 0.6 is 0 Å². The average molecular weight is 423 g/mol. The quantitative estimate of drug-likeness (QED) is 0.428. The molecular formula is C24H30N4O3+2. The summed E-state index contributed by atoms with van der Waals surface area (Å²) >= 11 is 0. The van der Waals surface area contributed by atoms with E-state index in [1.54, 1.807) is 4.90 Å². The van der Waals surface area contributed by atoms with Gasteiger partial charge < -0.3 is 24.8 Å². The van der Waals surface area contributed by atoms with Crippen LogP contribution in [0.15, 0.2) is 48.5 Å². The maximum Gasteiger partial charge on any atom is 0.356 e. The van der Waals surface area contributed by atoms with E-state index in [0.717, 1.165) is 49.2 Å². The van der Waals surface area contributed by atoms with Crippen LogP contribution < -0.4 is 15.1 Å². The highest BCUT2D eigenvalue weighted by Crippen LogP contribution is 2.29. The lowest BCUT2D eigenvalue weighted by Crippen LogP contribution is -3.28. The Morgan fingerprint density at radius 1 is 1.03 bits per heavy atom. The van der Waals surface area contributed by atoms with Gasteiger partial charge in [0.15, 0.2) is 6.54 Å². The number of fused-ring (bicyclic) bond motifs is 1. The third kappa shape index (κ3) is 4.95. The SMILES string of the molecule is COC(=O)c1[nH]c2ccc(C)cc2c1NC(=O)C[NH+]1CC[NH+](Cc2ccccc2)CC1. The lowest BCUT2D eigenvalue weighted by molar-refractivity contribution is -1.02. The number of rotatable bonds is 6. The van der Waals surface area contributed by atoms with Crippen molar-refractivity contribution in [1.29, 1.82) is 0 Å². The van der Waals surface area contributed by atoms with Crippen LogP contribution in [0.1, 0.15) is 21.6 Å². The molecule has 162 valence electrons. The van der Waals surface area contributed by atoms with Gasteiger partial charge in [-0.15, -0.1) is 0 Å². The molecule has 0 unspecified atom stereocenters. The molecular weight excluding hydrogens is 392 g/mol. The highest BCUT2D eigenvalue weighted by Gasteiger charge is 2.26. The van der Waals surface area contributed by atoms with Crippen molar-refractivity contribution in [3.05, 3.63) is 65.4 Å². The molecule has 7 nitrogen and oxygen atoms in total. The zero-order valence-electron chi connectivity index (χ0n) is 18.1. The molecule has 1 aliphatic heterocycles. The number of aromatic amines is 1. The van der Waals surface area contributed by atoms with Crippen LogP contribution in [0.5, 0.6) is 0 Å². The van der Waals surface area contributed by atoms with Gasteiger partial charge in [-0.05, 0) is 19.1 Å². The third-order valence-electron chi connectivity index (χ3n) is 5.98. The predicted octanol–water partition coefficient (Wildman–Crippen LogP) is 0.185. The molecule has 0 spiro atoms. The van der Waals surface area contributed by atoms with Gasteiger partial charge in [0.2, 0.25) is 0 Å². The molecule has 7 heteroatoms. The van der Waals surface area contributed by atoms with Gasteiger partial charge >= 0.3 is 5.97 Å². The van der Waals surface area contributed by atoms with Gasteiger partial charge in [0, 0.05) is 16.5 Å². The maximum absolute atomic E-state index is 12.8. The first-order valence-corrected chi connectivity index (χ1v) is 10.7. The zero-order valence-corrected chi connectivity index (χ0v) is 18.1. The number of esters is 1. The van der Waals surface area contributed by atoms with Crippen LogP contribution in [0.4, 0.5) is 5.69 Å².